The molecule has 1 aliphatic heterocycles. The van der Waals surface area contributed by atoms with Crippen LogP contribution in [0.3, 0.4) is 0 Å². The molecule has 1 unspecified atom stereocenters. The minimum absolute atomic E-state index is 0.0253. The molecule has 0 saturated heterocycles. The third-order valence-electron chi connectivity index (χ3n) is 3.42. The highest BCUT2D eigenvalue weighted by Crippen LogP contribution is 2.39. The lowest BCUT2D eigenvalue weighted by atomic mass is 9.94. The van der Waals surface area contributed by atoms with Crippen molar-refractivity contribution in [1.29, 1.82) is 0 Å². The molecule has 2 nitrogen and oxygen atoms in total. The minimum atomic E-state index is -0.0253. The molecule has 0 radical (unpaired) electrons. The minimum Gasteiger partial charge on any atom is -0.354 e. The van der Waals surface area contributed by atoms with Crippen molar-refractivity contribution in [3.63, 3.8) is 0 Å². The number of anilines is 1. The number of hydrogen-bond donors (Lipinski definition) is 0. The van der Waals surface area contributed by atoms with Crippen molar-refractivity contribution in [3.8, 4) is 0 Å². The Morgan fingerprint density at radius 3 is 2.83 bits per heavy atom. The zero-order valence-electron chi connectivity index (χ0n) is 9.85. The van der Waals surface area contributed by atoms with E-state index in [0.717, 1.165) is 18.0 Å². The SMILES string of the molecule is CC1c2ccccc2CCN1c1ssc(=O)c1Cl. The maximum absolute atomic E-state index is 11.5. The lowest BCUT2D eigenvalue weighted by Crippen LogP contribution is -2.33. The van der Waals surface area contributed by atoms with Crippen LogP contribution in [-0.2, 0) is 6.42 Å². The van der Waals surface area contributed by atoms with E-state index in [0.29, 0.717) is 5.02 Å². The van der Waals surface area contributed by atoms with Crippen LogP contribution in [0.5, 0.6) is 0 Å². The van der Waals surface area contributed by atoms with Crippen molar-refractivity contribution < 1.29 is 0 Å². The lowest BCUT2D eigenvalue weighted by Gasteiger charge is -2.35. The summed E-state index contributed by atoms with van der Waals surface area (Å²) < 4.78 is -0.0253. The summed E-state index contributed by atoms with van der Waals surface area (Å²) in [6.07, 6.45) is 1.01. The van der Waals surface area contributed by atoms with Gasteiger partial charge in [0.25, 0.3) is 4.74 Å². The van der Waals surface area contributed by atoms with Crippen LogP contribution in [0.1, 0.15) is 24.1 Å². The molecule has 0 bridgehead atoms. The molecule has 1 aromatic heterocycles. The lowest BCUT2D eigenvalue weighted by molar-refractivity contribution is 0.629. The molecular weight excluding hydrogens is 286 g/mol. The molecule has 0 aliphatic carbocycles. The number of rotatable bonds is 1. The van der Waals surface area contributed by atoms with E-state index in [1.54, 1.807) is 0 Å². The van der Waals surface area contributed by atoms with E-state index in [-0.39, 0.29) is 10.8 Å². The number of nitrogens with zero attached hydrogens (tertiary/aromatic N) is 1. The Kier molecular flexibility index (Phi) is 3.18. The predicted molar refractivity (Wildman–Crippen MR) is 79.4 cm³/mol. The first-order chi connectivity index (χ1) is 8.68. The van der Waals surface area contributed by atoms with Gasteiger partial charge < -0.3 is 4.90 Å². The zero-order chi connectivity index (χ0) is 12.7. The van der Waals surface area contributed by atoms with Gasteiger partial charge in [0, 0.05) is 6.54 Å². The van der Waals surface area contributed by atoms with Crippen LogP contribution in [0.15, 0.2) is 29.1 Å². The average Bonchev–Trinajstić information content (AvgIpc) is 2.71. The van der Waals surface area contributed by atoms with E-state index >= 15 is 0 Å². The molecule has 18 heavy (non-hydrogen) atoms. The first kappa shape index (κ1) is 12.2. The third-order valence-corrected chi connectivity index (χ3v) is 6.21. The first-order valence-electron chi connectivity index (χ1n) is 5.81. The quantitative estimate of drug-likeness (QED) is 0.743. The summed E-state index contributed by atoms with van der Waals surface area (Å²) in [6, 6.07) is 8.77. The van der Waals surface area contributed by atoms with Crippen molar-refractivity contribution >= 4 is 37.3 Å². The summed E-state index contributed by atoms with van der Waals surface area (Å²) in [6.45, 7) is 3.09. The van der Waals surface area contributed by atoms with Gasteiger partial charge in [0.05, 0.1) is 6.04 Å². The van der Waals surface area contributed by atoms with Crippen molar-refractivity contribution in [2.75, 3.05) is 11.4 Å². The molecule has 0 fully saturated rings. The van der Waals surface area contributed by atoms with E-state index in [9.17, 15) is 4.79 Å². The Labute approximate surface area is 118 Å². The summed E-state index contributed by atoms with van der Waals surface area (Å²) in [7, 11) is 2.70. The second-order valence-electron chi connectivity index (χ2n) is 4.39. The van der Waals surface area contributed by atoms with Crippen LogP contribution in [-0.4, -0.2) is 6.54 Å². The van der Waals surface area contributed by atoms with Crippen LogP contribution in [0, 0.1) is 0 Å². The Morgan fingerprint density at radius 2 is 2.11 bits per heavy atom. The van der Waals surface area contributed by atoms with Gasteiger partial charge in [0.15, 0.2) is 0 Å². The van der Waals surface area contributed by atoms with Crippen LogP contribution in [0.2, 0.25) is 5.02 Å². The fraction of sp³-hybridized carbons (Fsp3) is 0.308. The van der Waals surface area contributed by atoms with Crippen LogP contribution in [0.4, 0.5) is 5.00 Å². The van der Waals surface area contributed by atoms with Gasteiger partial charge in [0.2, 0.25) is 0 Å². The van der Waals surface area contributed by atoms with E-state index in [1.807, 2.05) is 0 Å². The highest BCUT2D eigenvalue weighted by molar-refractivity contribution is 7.70. The topological polar surface area (TPSA) is 20.3 Å². The summed E-state index contributed by atoms with van der Waals surface area (Å²) >= 11 is 6.10. The number of hydrogen-bond acceptors (Lipinski definition) is 4. The highest BCUT2D eigenvalue weighted by Gasteiger charge is 2.27. The van der Waals surface area contributed by atoms with Crippen molar-refractivity contribution in [2.24, 2.45) is 0 Å². The largest absolute Gasteiger partial charge is 0.354 e. The van der Waals surface area contributed by atoms with Crippen LogP contribution < -0.4 is 9.64 Å². The summed E-state index contributed by atoms with van der Waals surface area (Å²) in [4.78, 5) is 13.7. The Bertz CT molecular complexity index is 634. The molecule has 0 amide bonds. The Morgan fingerprint density at radius 1 is 1.33 bits per heavy atom. The second kappa shape index (κ2) is 4.68. The molecule has 1 aromatic carbocycles. The molecule has 0 saturated carbocycles. The van der Waals surface area contributed by atoms with E-state index in [4.69, 9.17) is 11.6 Å². The average molecular weight is 298 g/mol. The van der Waals surface area contributed by atoms with E-state index in [1.165, 1.54) is 31.8 Å². The van der Waals surface area contributed by atoms with Gasteiger partial charge in [-0.25, -0.2) is 0 Å². The monoisotopic (exact) mass is 297 g/mol. The van der Waals surface area contributed by atoms with Gasteiger partial charge in [-0.3, -0.25) is 4.79 Å². The van der Waals surface area contributed by atoms with Crippen LogP contribution >= 0.6 is 32.3 Å². The van der Waals surface area contributed by atoms with Crippen molar-refractivity contribution in [2.45, 2.75) is 19.4 Å². The molecule has 1 aliphatic rings. The van der Waals surface area contributed by atoms with Crippen LogP contribution in [0.25, 0.3) is 0 Å². The number of halogens is 1. The van der Waals surface area contributed by atoms with Gasteiger partial charge in [-0.05, 0) is 34.8 Å². The second-order valence-corrected chi connectivity index (χ2v) is 6.86. The molecule has 0 N–H and O–H groups in total. The standard InChI is InChI=1S/C13H12ClNOS2/c1-8-10-5-3-2-4-9(10)6-7-15(8)12-11(14)13(16)18-17-12/h2-5,8H,6-7H2,1H3. The molecule has 2 aromatic rings. The van der Waals surface area contributed by atoms with Gasteiger partial charge in [-0.15, -0.1) is 0 Å². The first-order valence-corrected chi connectivity index (χ1v) is 8.34. The highest BCUT2D eigenvalue weighted by atomic mass is 35.5. The zero-order valence-corrected chi connectivity index (χ0v) is 12.2. The molecule has 2 heterocycles. The van der Waals surface area contributed by atoms with Crippen molar-refractivity contribution in [1.82, 2.24) is 0 Å². The molecule has 0 spiro atoms. The van der Waals surface area contributed by atoms with Gasteiger partial charge in [-0.1, -0.05) is 46.2 Å². The molecule has 94 valence electrons. The summed E-state index contributed by atoms with van der Waals surface area (Å²) in [5.74, 6) is 0. The predicted octanol–water partition coefficient (Wildman–Crippen LogP) is 3.95. The smallest absolute Gasteiger partial charge is 0.263 e. The van der Waals surface area contributed by atoms with Crippen molar-refractivity contribution in [3.05, 3.63) is 50.0 Å². The van der Waals surface area contributed by atoms with Gasteiger partial charge >= 0.3 is 0 Å². The van der Waals surface area contributed by atoms with Gasteiger partial charge in [-0.2, -0.15) is 0 Å². The summed E-state index contributed by atoms with van der Waals surface area (Å²) in [5, 5.41) is 1.31. The van der Waals surface area contributed by atoms with E-state index in [2.05, 4.69) is 36.1 Å². The maximum Gasteiger partial charge on any atom is 0.263 e. The maximum atomic E-state index is 11.5. The molecule has 3 rings (SSSR count). The molecule has 1 atom stereocenters. The van der Waals surface area contributed by atoms with Gasteiger partial charge in [0.1, 0.15) is 10.0 Å². The van der Waals surface area contributed by atoms with E-state index < -0.39 is 0 Å². The number of fused-ring (bicyclic) bond motifs is 1. The fourth-order valence-corrected chi connectivity index (χ4v) is 5.23. The summed E-state index contributed by atoms with van der Waals surface area (Å²) in [5.41, 5.74) is 2.74. The Balaban J connectivity index is 2.03. The Hall–Kier alpha value is -0.840. The normalized spacial score (nSPS) is 18.8. The third kappa shape index (κ3) is 1.88. The molecular formula is C13H12ClNOS2. The number of benzene rings is 1. The fourth-order valence-electron chi connectivity index (χ4n) is 2.46. The molecule has 5 heteroatoms.